The summed E-state index contributed by atoms with van der Waals surface area (Å²) in [7, 11) is 0. The number of nitrogens with one attached hydrogen (secondary N) is 1. The van der Waals surface area contributed by atoms with Crippen LogP contribution in [0.1, 0.15) is 36.6 Å². The first-order valence-electron chi connectivity index (χ1n) is 7.89. The molecule has 2 nitrogen and oxygen atoms in total. The van der Waals surface area contributed by atoms with Gasteiger partial charge in [0.25, 0.3) is 0 Å². The lowest BCUT2D eigenvalue weighted by molar-refractivity contribution is 0.606. The number of rotatable bonds is 1. The van der Waals surface area contributed by atoms with Gasteiger partial charge in [0.1, 0.15) is 0 Å². The van der Waals surface area contributed by atoms with Crippen LogP contribution >= 0.6 is 11.6 Å². The number of hydrogen-bond donors (Lipinski definition) is 2. The van der Waals surface area contributed by atoms with Crippen molar-refractivity contribution < 1.29 is 0 Å². The van der Waals surface area contributed by atoms with Gasteiger partial charge in [0, 0.05) is 27.7 Å². The lowest BCUT2D eigenvalue weighted by Gasteiger charge is -2.08. The number of aromatic nitrogens is 1. The zero-order valence-corrected chi connectivity index (χ0v) is 13.2. The quantitative estimate of drug-likeness (QED) is 0.595. The summed E-state index contributed by atoms with van der Waals surface area (Å²) in [5.41, 5.74) is 12.7. The largest absolute Gasteiger partial charge is 0.357 e. The van der Waals surface area contributed by atoms with E-state index in [0.29, 0.717) is 0 Å². The molecule has 1 aliphatic carbocycles. The van der Waals surface area contributed by atoms with Gasteiger partial charge in [-0.2, -0.15) is 0 Å². The first kappa shape index (κ1) is 13.9. The Bertz CT molecular complexity index is 817. The molecule has 1 heterocycles. The molecule has 0 radical (unpaired) electrons. The van der Waals surface area contributed by atoms with Crippen molar-refractivity contribution in [3.63, 3.8) is 0 Å². The molecular formula is C19H19ClN2. The average Bonchev–Trinajstić information content (AvgIpc) is 2.82. The van der Waals surface area contributed by atoms with Crippen molar-refractivity contribution in [2.24, 2.45) is 5.73 Å². The molecule has 22 heavy (non-hydrogen) atoms. The van der Waals surface area contributed by atoms with Gasteiger partial charge in [-0.3, -0.25) is 0 Å². The van der Waals surface area contributed by atoms with Crippen molar-refractivity contribution in [3.8, 4) is 11.1 Å². The molecule has 1 atom stereocenters. The highest BCUT2D eigenvalue weighted by Crippen LogP contribution is 2.38. The monoisotopic (exact) mass is 310 g/mol. The predicted molar refractivity (Wildman–Crippen MR) is 93.2 cm³/mol. The Kier molecular flexibility index (Phi) is 3.44. The van der Waals surface area contributed by atoms with E-state index in [4.69, 9.17) is 17.3 Å². The smallest absolute Gasteiger partial charge is 0.0465 e. The number of aromatic amines is 1. The average molecular weight is 311 g/mol. The molecule has 112 valence electrons. The SMILES string of the molecule is NC1CCCCc2c1[nH]c1cccc(-c3ccc(Cl)cc3)c21. The molecule has 0 bridgehead atoms. The Morgan fingerprint density at radius 1 is 1.05 bits per heavy atom. The third-order valence-corrected chi connectivity index (χ3v) is 4.93. The van der Waals surface area contributed by atoms with Crippen LogP contribution in [0, 0.1) is 0 Å². The maximum atomic E-state index is 6.37. The fourth-order valence-electron chi connectivity index (χ4n) is 3.59. The second-order valence-corrected chi connectivity index (χ2v) is 6.54. The molecule has 4 rings (SSSR count). The fraction of sp³-hybridized carbons (Fsp3) is 0.263. The van der Waals surface area contributed by atoms with Crippen molar-refractivity contribution in [3.05, 3.63) is 58.7 Å². The third-order valence-electron chi connectivity index (χ3n) is 4.68. The van der Waals surface area contributed by atoms with Gasteiger partial charge in [-0.25, -0.2) is 0 Å². The van der Waals surface area contributed by atoms with E-state index >= 15 is 0 Å². The molecule has 0 amide bonds. The highest BCUT2D eigenvalue weighted by atomic mass is 35.5. The number of benzene rings is 2. The number of halogens is 1. The zero-order valence-electron chi connectivity index (χ0n) is 12.4. The molecular weight excluding hydrogens is 292 g/mol. The van der Waals surface area contributed by atoms with E-state index in [1.54, 1.807) is 0 Å². The molecule has 0 spiro atoms. The fourth-order valence-corrected chi connectivity index (χ4v) is 3.72. The van der Waals surface area contributed by atoms with Crippen LogP contribution in [-0.4, -0.2) is 4.98 Å². The molecule has 0 saturated carbocycles. The van der Waals surface area contributed by atoms with Crippen molar-refractivity contribution in [1.82, 2.24) is 4.98 Å². The summed E-state index contributed by atoms with van der Waals surface area (Å²) < 4.78 is 0. The first-order chi connectivity index (χ1) is 10.7. The summed E-state index contributed by atoms with van der Waals surface area (Å²) in [6.45, 7) is 0. The van der Waals surface area contributed by atoms with E-state index in [1.165, 1.54) is 46.1 Å². The van der Waals surface area contributed by atoms with Gasteiger partial charge in [-0.05, 0) is 54.2 Å². The summed E-state index contributed by atoms with van der Waals surface area (Å²) in [5.74, 6) is 0. The molecule has 1 aromatic heterocycles. The first-order valence-corrected chi connectivity index (χ1v) is 8.27. The van der Waals surface area contributed by atoms with Gasteiger partial charge < -0.3 is 10.7 Å². The van der Waals surface area contributed by atoms with Gasteiger partial charge in [0.15, 0.2) is 0 Å². The minimum atomic E-state index is 0.128. The summed E-state index contributed by atoms with van der Waals surface area (Å²) in [6.07, 6.45) is 4.58. The van der Waals surface area contributed by atoms with Crippen molar-refractivity contribution in [2.45, 2.75) is 31.7 Å². The van der Waals surface area contributed by atoms with Crippen molar-refractivity contribution >= 4 is 22.5 Å². The van der Waals surface area contributed by atoms with Crippen LogP contribution in [0.3, 0.4) is 0 Å². The maximum absolute atomic E-state index is 6.37. The highest BCUT2D eigenvalue weighted by molar-refractivity contribution is 6.30. The topological polar surface area (TPSA) is 41.8 Å². The van der Waals surface area contributed by atoms with Crippen molar-refractivity contribution in [2.75, 3.05) is 0 Å². The van der Waals surface area contributed by atoms with Gasteiger partial charge in [0.2, 0.25) is 0 Å². The molecule has 3 aromatic rings. The van der Waals surface area contributed by atoms with Crippen LogP contribution in [-0.2, 0) is 6.42 Å². The molecule has 3 heteroatoms. The predicted octanol–water partition coefficient (Wildman–Crippen LogP) is 5.21. The summed E-state index contributed by atoms with van der Waals surface area (Å²) >= 11 is 6.03. The molecule has 0 saturated heterocycles. The molecule has 1 aliphatic rings. The Labute approximate surface area is 135 Å². The Hall–Kier alpha value is -1.77. The van der Waals surface area contributed by atoms with Crippen LogP contribution in [0.4, 0.5) is 0 Å². The Balaban J connectivity index is 1.98. The number of aryl methyl sites for hydroxylation is 1. The normalized spacial score (nSPS) is 18.2. The van der Waals surface area contributed by atoms with E-state index in [0.717, 1.165) is 17.9 Å². The minimum Gasteiger partial charge on any atom is -0.357 e. The highest BCUT2D eigenvalue weighted by Gasteiger charge is 2.21. The maximum Gasteiger partial charge on any atom is 0.0465 e. The summed E-state index contributed by atoms with van der Waals surface area (Å²) in [6, 6.07) is 14.7. The van der Waals surface area contributed by atoms with E-state index in [-0.39, 0.29) is 6.04 Å². The number of H-pyrrole nitrogens is 1. The van der Waals surface area contributed by atoms with E-state index in [9.17, 15) is 0 Å². The minimum absolute atomic E-state index is 0.128. The van der Waals surface area contributed by atoms with Crippen LogP contribution in [0.15, 0.2) is 42.5 Å². The Morgan fingerprint density at radius 2 is 1.86 bits per heavy atom. The van der Waals surface area contributed by atoms with Gasteiger partial charge >= 0.3 is 0 Å². The second kappa shape index (κ2) is 5.45. The molecule has 0 fully saturated rings. The Morgan fingerprint density at radius 3 is 2.68 bits per heavy atom. The van der Waals surface area contributed by atoms with E-state index in [2.05, 4.69) is 35.3 Å². The molecule has 2 aromatic carbocycles. The lowest BCUT2D eigenvalue weighted by atomic mass is 9.96. The van der Waals surface area contributed by atoms with Crippen LogP contribution in [0.2, 0.25) is 5.02 Å². The number of nitrogens with two attached hydrogens (primary N) is 1. The number of fused-ring (bicyclic) bond motifs is 3. The second-order valence-electron chi connectivity index (χ2n) is 6.10. The van der Waals surface area contributed by atoms with Gasteiger partial charge in [0.05, 0.1) is 0 Å². The molecule has 3 N–H and O–H groups in total. The molecule has 1 unspecified atom stereocenters. The van der Waals surface area contributed by atoms with Gasteiger partial charge in [-0.15, -0.1) is 0 Å². The van der Waals surface area contributed by atoms with Crippen LogP contribution in [0.25, 0.3) is 22.0 Å². The summed E-state index contributed by atoms with van der Waals surface area (Å²) in [4.78, 5) is 3.58. The van der Waals surface area contributed by atoms with E-state index < -0.39 is 0 Å². The van der Waals surface area contributed by atoms with Crippen LogP contribution in [0.5, 0.6) is 0 Å². The van der Waals surface area contributed by atoms with Gasteiger partial charge in [-0.1, -0.05) is 42.3 Å². The van der Waals surface area contributed by atoms with Crippen LogP contribution < -0.4 is 5.73 Å². The third kappa shape index (κ3) is 2.23. The number of hydrogen-bond acceptors (Lipinski definition) is 1. The standard InChI is InChI=1S/C19H19ClN2/c20-13-10-8-12(9-11-13)14-5-3-7-17-18(14)15-4-1-2-6-16(21)19(15)22-17/h3,5,7-11,16,22H,1-2,4,6,21H2. The summed E-state index contributed by atoms with van der Waals surface area (Å²) in [5, 5.41) is 2.10. The lowest BCUT2D eigenvalue weighted by Crippen LogP contribution is -2.10. The van der Waals surface area contributed by atoms with E-state index in [1.807, 2.05) is 12.1 Å². The molecule has 0 aliphatic heterocycles. The van der Waals surface area contributed by atoms with Crippen molar-refractivity contribution in [1.29, 1.82) is 0 Å². The zero-order chi connectivity index (χ0) is 15.1.